The Bertz CT molecular complexity index is 2230. The molecule has 1 aromatic carbocycles. The first-order chi connectivity index (χ1) is 34.5. The first-order valence-electron chi connectivity index (χ1n) is 25.0. The van der Waals surface area contributed by atoms with E-state index in [1.54, 1.807) is 40.0 Å². The number of carbonyl (C=O) groups is 9. The SMILES string of the molecule is CC[C@H](C)[C@H](NC(=O)[C@H](CCC(N)=O)NC(=O)[C@@H]1CCCN1)C(=O)N[C@H](C(=O)N[C@@H](CC(C)C)C(=O)N[C@@H](Cc1c[nH]c2ccccc12)C(=O)N[C@@H](CCC(N)=O)C(=O)N[C@H](CN)CCCN=C(N)N)[C@@H](C)O. The molecule has 2 aromatic rings. The lowest BCUT2D eigenvalue weighted by atomic mass is 9.96. The Kier molecular flexibility index (Phi) is 25.0. The number of primary amides is 2. The van der Waals surface area contributed by atoms with E-state index in [2.05, 4.69) is 52.5 Å². The molecule has 1 aliphatic rings. The van der Waals surface area contributed by atoms with E-state index >= 15 is 0 Å². The molecule has 0 bridgehead atoms. The normalized spacial score (nSPS) is 17.0. The summed E-state index contributed by atoms with van der Waals surface area (Å²) in [6, 6.07) is -2.10. The lowest BCUT2D eigenvalue weighted by Gasteiger charge is -2.30. The zero-order chi connectivity index (χ0) is 54.4. The fraction of sp³-hybridized carbons (Fsp3) is 0.625. The number of para-hydroxylation sites is 1. The molecule has 1 saturated heterocycles. The molecule has 0 spiro atoms. The molecule has 3 rings (SSSR count). The standard InChI is InChI=1S/C48H79N15O10/c1-6-26(4)39(62-43(69)34(16-18-38(51)66)58-41(67)32-14-10-19-54-32)46(72)63-40(27(5)64)47(73)61-35(21-25(2)3)44(70)60-36(22-28-24-56-31-13-8-7-12-30(28)31)45(71)59-33(15-17-37(50)65)42(68)57-29(23-49)11-9-20-55-48(52)53/h7-8,12-13,24-27,29,32-36,39-40,54,56,64H,6,9-11,14-23,49H2,1-5H3,(H2,50,65)(H2,51,66)(H,57,68)(H,58,67)(H,59,71)(H,60,70)(H,61,73)(H,62,69)(H,63,72)(H4,52,53,55)/t26-,27+,29-,32-,33-,34-,35-,36-,39-,40-/m0/s1. The highest BCUT2D eigenvalue weighted by molar-refractivity contribution is 5.98. The molecule has 1 aromatic heterocycles. The second kappa shape index (κ2) is 30.2. The zero-order valence-electron chi connectivity index (χ0n) is 42.6. The van der Waals surface area contributed by atoms with E-state index in [1.165, 1.54) is 6.92 Å². The van der Waals surface area contributed by atoms with Gasteiger partial charge in [-0.25, -0.2) is 0 Å². The molecule has 406 valence electrons. The summed E-state index contributed by atoms with van der Waals surface area (Å²) in [5.41, 5.74) is 29.0. The molecule has 0 unspecified atom stereocenters. The lowest BCUT2D eigenvalue weighted by Crippen LogP contribution is -2.62. The van der Waals surface area contributed by atoms with Gasteiger partial charge in [-0.15, -0.1) is 0 Å². The number of aromatic nitrogens is 1. The topological polar surface area (TPSA) is 428 Å². The number of amides is 9. The summed E-state index contributed by atoms with van der Waals surface area (Å²) >= 11 is 0. The fourth-order valence-corrected chi connectivity index (χ4v) is 8.23. The molecule has 1 aliphatic heterocycles. The Balaban J connectivity index is 1.90. The third-order valence-corrected chi connectivity index (χ3v) is 12.6. The number of nitrogens with one attached hydrogen (secondary N) is 9. The zero-order valence-corrected chi connectivity index (χ0v) is 42.6. The van der Waals surface area contributed by atoms with E-state index in [0.29, 0.717) is 37.8 Å². The highest BCUT2D eigenvalue weighted by atomic mass is 16.3. The van der Waals surface area contributed by atoms with Crippen LogP contribution in [0.5, 0.6) is 0 Å². The lowest BCUT2D eigenvalue weighted by molar-refractivity contribution is -0.137. The number of hydrogen-bond acceptors (Lipinski definition) is 13. The average molecular weight is 1030 g/mol. The van der Waals surface area contributed by atoms with Crippen LogP contribution in [-0.4, -0.2) is 143 Å². The van der Waals surface area contributed by atoms with Crippen molar-refractivity contribution < 1.29 is 48.3 Å². The van der Waals surface area contributed by atoms with Gasteiger partial charge in [-0.05, 0) is 81.9 Å². The minimum atomic E-state index is -1.67. The number of nitrogens with two attached hydrogens (primary N) is 5. The number of aromatic amines is 1. The molecule has 0 aliphatic carbocycles. The van der Waals surface area contributed by atoms with Gasteiger partial charge < -0.3 is 81.3 Å². The molecule has 73 heavy (non-hydrogen) atoms. The van der Waals surface area contributed by atoms with E-state index in [0.717, 1.165) is 17.3 Å². The maximum Gasteiger partial charge on any atom is 0.245 e. The van der Waals surface area contributed by atoms with Gasteiger partial charge in [0.25, 0.3) is 0 Å². The van der Waals surface area contributed by atoms with Crippen molar-refractivity contribution in [2.24, 2.45) is 45.5 Å². The van der Waals surface area contributed by atoms with E-state index < -0.39 is 114 Å². The minimum absolute atomic E-state index is 0.0209. The summed E-state index contributed by atoms with van der Waals surface area (Å²) in [6.07, 6.45) is 1.68. The number of aliphatic hydroxyl groups is 1. The Morgan fingerprint density at radius 2 is 1.27 bits per heavy atom. The molecule has 20 N–H and O–H groups in total. The molecule has 2 heterocycles. The number of benzene rings is 1. The largest absolute Gasteiger partial charge is 0.391 e. The van der Waals surface area contributed by atoms with Crippen LogP contribution in [-0.2, 0) is 49.6 Å². The van der Waals surface area contributed by atoms with Crippen molar-refractivity contribution in [3.8, 4) is 0 Å². The monoisotopic (exact) mass is 1030 g/mol. The highest BCUT2D eigenvalue weighted by Crippen LogP contribution is 2.20. The summed E-state index contributed by atoms with van der Waals surface area (Å²) in [5.74, 6) is -7.67. The molecule has 9 amide bonds. The number of hydrogen-bond donors (Lipinski definition) is 15. The van der Waals surface area contributed by atoms with Crippen LogP contribution in [0.15, 0.2) is 35.5 Å². The van der Waals surface area contributed by atoms with Crippen molar-refractivity contribution in [3.05, 3.63) is 36.0 Å². The van der Waals surface area contributed by atoms with Gasteiger partial charge in [-0.3, -0.25) is 48.1 Å². The molecule has 25 heteroatoms. The van der Waals surface area contributed by atoms with Gasteiger partial charge in [0.2, 0.25) is 53.2 Å². The maximum atomic E-state index is 14.4. The third kappa shape index (κ3) is 20.3. The predicted octanol–water partition coefficient (Wildman–Crippen LogP) is -3.13. The predicted molar refractivity (Wildman–Crippen MR) is 273 cm³/mol. The Labute approximate surface area is 425 Å². The van der Waals surface area contributed by atoms with Crippen molar-refractivity contribution in [2.45, 2.75) is 160 Å². The fourth-order valence-electron chi connectivity index (χ4n) is 8.23. The van der Waals surface area contributed by atoms with Crippen LogP contribution in [0.1, 0.15) is 104 Å². The van der Waals surface area contributed by atoms with Crippen LogP contribution in [0, 0.1) is 11.8 Å². The molecular formula is C48H79N15O10. The highest BCUT2D eigenvalue weighted by Gasteiger charge is 2.37. The Hall–Kier alpha value is -6.86. The quantitative estimate of drug-likeness (QED) is 0.0196. The minimum Gasteiger partial charge on any atom is -0.391 e. The molecule has 1 fully saturated rings. The van der Waals surface area contributed by atoms with Crippen LogP contribution in [0.2, 0.25) is 0 Å². The van der Waals surface area contributed by atoms with Crippen LogP contribution in [0.4, 0.5) is 0 Å². The van der Waals surface area contributed by atoms with Gasteiger partial charge in [0.05, 0.1) is 12.1 Å². The maximum absolute atomic E-state index is 14.4. The van der Waals surface area contributed by atoms with Gasteiger partial charge in [0.15, 0.2) is 5.96 Å². The summed E-state index contributed by atoms with van der Waals surface area (Å²) in [4.78, 5) is 128. The third-order valence-electron chi connectivity index (χ3n) is 12.6. The summed E-state index contributed by atoms with van der Waals surface area (Å²) in [7, 11) is 0. The van der Waals surface area contributed by atoms with Gasteiger partial charge in [0.1, 0.15) is 36.3 Å². The first kappa shape index (κ1) is 60.4. The van der Waals surface area contributed by atoms with Crippen molar-refractivity contribution in [1.82, 2.24) is 47.5 Å². The number of rotatable bonds is 32. The molecule has 10 atom stereocenters. The number of guanidine groups is 1. The van der Waals surface area contributed by atoms with Crippen LogP contribution < -0.4 is 71.2 Å². The van der Waals surface area contributed by atoms with E-state index in [-0.39, 0.29) is 63.5 Å². The van der Waals surface area contributed by atoms with Crippen molar-refractivity contribution in [3.63, 3.8) is 0 Å². The van der Waals surface area contributed by atoms with Crippen LogP contribution >= 0.6 is 0 Å². The van der Waals surface area contributed by atoms with Crippen molar-refractivity contribution in [2.75, 3.05) is 19.6 Å². The van der Waals surface area contributed by atoms with E-state index in [1.807, 2.05) is 18.2 Å². The molecule has 0 radical (unpaired) electrons. The number of aliphatic imine (C=N–C) groups is 1. The van der Waals surface area contributed by atoms with Gasteiger partial charge in [0, 0.05) is 55.5 Å². The first-order valence-corrected chi connectivity index (χ1v) is 25.0. The Morgan fingerprint density at radius 1 is 0.712 bits per heavy atom. The van der Waals surface area contributed by atoms with Crippen LogP contribution in [0.3, 0.4) is 0 Å². The molecular weight excluding hydrogens is 947 g/mol. The smallest absolute Gasteiger partial charge is 0.245 e. The molecule has 25 nitrogen and oxygen atoms in total. The van der Waals surface area contributed by atoms with Gasteiger partial charge >= 0.3 is 0 Å². The molecule has 0 saturated carbocycles. The van der Waals surface area contributed by atoms with Gasteiger partial charge in [-0.1, -0.05) is 52.3 Å². The number of fused-ring (bicyclic) bond motifs is 1. The summed E-state index contributed by atoms with van der Waals surface area (Å²) in [6.45, 7) is 9.19. The number of aliphatic hydroxyl groups excluding tert-OH is 1. The number of carbonyl (C=O) groups excluding carboxylic acids is 9. The van der Waals surface area contributed by atoms with E-state index in [9.17, 15) is 48.3 Å². The van der Waals surface area contributed by atoms with Crippen molar-refractivity contribution >= 4 is 70.0 Å². The number of H-pyrrole nitrogens is 1. The summed E-state index contributed by atoms with van der Waals surface area (Å²) < 4.78 is 0. The van der Waals surface area contributed by atoms with Crippen LogP contribution in [0.25, 0.3) is 10.9 Å². The average Bonchev–Trinajstić information content (AvgIpc) is 4.03. The second-order valence-corrected chi connectivity index (χ2v) is 19.1. The Morgan fingerprint density at radius 3 is 1.85 bits per heavy atom. The number of nitrogens with zero attached hydrogens (tertiary/aromatic N) is 1. The summed E-state index contributed by atoms with van der Waals surface area (Å²) in [5, 5.41) is 33.4. The van der Waals surface area contributed by atoms with Gasteiger partial charge in [-0.2, -0.15) is 0 Å². The van der Waals surface area contributed by atoms with E-state index in [4.69, 9.17) is 28.7 Å². The van der Waals surface area contributed by atoms with Crippen molar-refractivity contribution in [1.29, 1.82) is 0 Å². The second-order valence-electron chi connectivity index (χ2n) is 19.1.